The van der Waals surface area contributed by atoms with Gasteiger partial charge in [-0.1, -0.05) is 37.3 Å². The molecule has 4 heteroatoms. The normalized spacial score (nSPS) is 10.2. The molecule has 0 saturated carbocycles. The lowest BCUT2D eigenvalue weighted by atomic mass is 10.2. The van der Waals surface area contributed by atoms with Gasteiger partial charge in [0.15, 0.2) is 0 Å². The smallest absolute Gasteiger partial charge is 0.269 e. The van der Waals surface area contributed by atoms with E-state index in [2.05, 4.69) is 10.9 Å². The van der Waals surface area contributed by atoms with E-state index in [4.69, 9.17) is 0 Å². The fraction of sp³-hybridized carbons (Fsp3) is 0.231. The fourth-order valence-electron chi connectivity index (χ4n) is 1.20. The van der Waals surface area contributed by atoms with Crippen LogP contribution in [0.1, 0.15) is 30.1 Å². The number of nitrogens with one attached hydrogen (secondary N) is 2. The molecule has 0 unspecified atom stereocenters. The molecule has 0 bridgehead atoms. The number of hydrazine groups is 1. The average molecular weight is 232 g/mol. The van der Waals surface area contributed by atoms with Crippen molar-refractivity contribution in [1.29, 1.82) is 0 Å². The Morgan fingerprint density at radius 1 is 1.12 bits per heavy atom. The van der Waals surface area contributed by atoms with Crippen LogP contribution in [0.15, 0.2) is 42.5 Å². The highest BCUT2D eigenvalue weighted by molar-refractivity contribution is 5.95. The van der Waals surface area contributed by atoms with Crippen molar-refractivity contribution < 1.29 is 9.59 Å². The van der Waals surface area contributed by atoms with Gasteiger partial charge in [-0.05, 0) is 18.6 Å². The van der Waals surface area contributed by atoms with Gasteiger partial charge in [-0.15, -0.1) is 0 Å². The number of carbonyl (C=O) groups excluding carboxylic acids is 2. The molecular formula is C13H16N2O2. The maximum atomic E-state index is 11.5. The second-order valence-electron chi connectivity index (χ2n) is 3.45. The SMILES string of the molecule is CC/C=C\CC(=O)NNC(=O)c1ccccc1. The summed E-state index contributed by atoms with van der Waals surface area (Å²) < 4.78 is 0. The molecule has 0 radical (unpaired) electrons. The summed E-state index contributed by atoms with van der Waals surface area (Å²) in [6, 6.07) is 8.71. The summed E-state index contributed by atoms with van der Waals surface area (Å²) in [5.74, 6) is -0.558. The molecule has 4 nitrogen and oxygen atoms in total. The molecule has 2 N–H and O–H groups in total. The van der Waals surface area contributed by atoms with Crippen LogP contribution in [0.5, 0.6) is 0 Å². The van der Waals surface area contributed by atoms with E-state index >= 15 is 0 Å². The van der Waals surface area contributed by atoms with Crippen LogP contribution >= 0.6 is 0 Å². The predicted octanol–water partition coefficient (Wildman–Crippen LogP) is 1.80. The third kappa shape index (κ3) is 4.97. The van der Waals surface area contributed by atoms with Crippen LogP contribution in [-0.4, -0.2) is 11.8 Å². The van der Waals surface area contributed by atoms with Crippen LogP contribution in [0.3, 0.4) is 0 Å². The van der Waals surface area contributed by atoms with Crippen molar-refractivity contribution >= 4 is 11.8 Å². The topological polar surface area (TPSA) is 58.2 Å². The third-order valence-electron chi connectivity index (χ3n) is 2.06. The number of benzene rings is 1. The van der Waals surface area contributed by atoms with Crippen molar-refractivity contribution in [2.75, 3.05) is 0 Å². The quantitative estimate of drug-likeness (QED) is 0.614. The first-order chi connectivity index (χ1) is 8.24. The third-order valence-corrected chi connectivity index (χ3v) is 2.06. The Hall–Kier alpha value is -2.10. The van der Waals surface area contributed by atoms with Crippen LogP contribution in [0.25, 0.3) is 0 Å². The first kappa shape index (κ1) is 13.0. The van der Waals surface area contributed by atoms with Crippen molar-refractivity contribution in [3.8, 4) is 0 Å². The van der Waals surface area contributed by atoms with Crippen molar-refractivity contribution in [2.24, 2.45) is 0 Å². The highest BCUT2D eigenvalue weighted by Gasteiger charge is 2.04. The van der Waals surface area contributed by atoms with Crippen LogP contribution in [0, 0.1) is 0 Å². The molecule has 0 aromatic heterocycles. The number of carbonyl (C=O) groups is 2. The van der Waals surface area contributed by atoms with E-state index < -0.39 is 0 Å². The summed E-state index contributed by atoms with van der Waals surface area (Å²) in [7, 11) is 0. The summed E-state index contributed by atoms with van der Waals surface area (Å²) in [5.41, 5.74) is 5.21. The monoisotopic (exact) mass is 232 g/mol. The highest BCUT2D eigenvalue weighted by Crippen LogP contribution is 1.96. The maximum absolute atomic E-state index is 11.5. The number of hydrogen-bond acceptors (Lipinski definition) is 2. The Morgan fingerprint density at radius 3 is 2.47 bits per heavy atom. The maximum Gasteiger partial charge on any atom is 0.269 e. The van der Waals surface area contributed by atoms with Gasteiger partial charge < -0.3 is 0 Å². The minimum absolute atomic E-state index is 0.237. The number of allylic oxidation sites excluding steroid dienone is 1. The predicted molar refractivity (Wildman–Crippen MR) is 66.1 cm³/mol. The lowest BCUT2D eigenvalue weighted by Crippen LogP contribution is -2.41. The van der Waals surface area contributed by atoms with Crippen molar-refractivity contribution in [3.05, 3.63) is 48.0 Å². The van der Waals surface area contributed by atoms with E-state index in [-0.39, 0.29) is 18.2 Å². The van der Waals surface area contributed by atoms with E-state index in [0.717, 1.165) is 6.42 Å². The lowest BCUT2D eigenvalue weighted by molar-refractivity contribution is -0.121. The Kier molecular flexibility index (Phi) is 5.51. The minimum atomic E-state index is -0.321. The first-order valence-electron chi connectivity index (χ1n) is 5.53. The van der Waals surface area contributed by atoms with Crippen molar-refractivity contribution in [3.63, 3.8) is 0 Å². The van der Waals surface area contributed by atoms with Gasteiger partial charge in [0.25, 0.3) is 5.91 Å². The Bertz CT molecular complexity index is 399. The highest BCUT2D eigenvalue weighted by atomic mass is 16.2. The summed E-state index contributed by atoms with van der Waals surface area (Å²) in [5, 5.41) is 0. The van der Waals surface area contributed by atoms with Gasteiger partial charge in [-0.25, -0.2) is 0 Å². The zero-order chi connectivity index (χ0) is 12.5. The van der Waals surface area contributed by atoms with E-state index in [1.165, 1.54) is 0 Å². The molecule has 2 amide bonds. The summed E-state index contributed by atoms with van der Waals surface area (Å²) in [6.07, 6.45) is 4.83. The second kappa shape index (κ2) is 7.22. The van der Waals surface area contributed by atoms with Gasteiger partial charge >= 0.3 is 0 Å². The lowest BCUT2D eigenvalue weighted by Gasteiger charge is -2.05. The average Bonchev–Trinajstić information content (AvgIpc) is 2.37. The molecule has 0 spiro atoms. The molecule has 0 aliphatic carbocycles. The molecule has 90 valence electrons. The van der Waals surface area contributed by atoms with Crippen LogP contribution in [-0.2, 0) is 4.79 Å². The number of amides is 2. The van der Waals surface area contributed by atoms with Gasteiger partial charge in [0, 0.05) is 12.0 Å². The molecule has 1 aromatic rings. The van der Waals surface area contributed by atoms with Crippen LogP contribution < -0.4 is 10.9 Å². The van der Waals surface area contributed by atoms with Gasteiger partial charge in [-0.3, -0.25) is 20.4 Å². The Labute approximate surface area is 101 Å². The minimum Gasteiger partial charge on any atom is -0.273 e. The molecule has 0 fully saturated rings. The number of rotatable bonds is 4. The van der Waals surface area contributed by atoms with E-state index in [9.17, 15) is 9.59 Å². The molecule has 0 aliphatic rings. The van der Waals surface area contributed by atoms with E-state index in [1.807, 2.05) is 19.1 Å². The van der Waals surface area contributed by atoms with E-state index in [0.29, 0.717) is 5.56 Å². The molecule has 0 saturated heterocycles. The van der Waals surface area contributed by atoms with Gasteiger partial charge in [-0.2, -0.15) is 0 Å². The zero-order valence-corrected chi connectivity index (χ0v) is 9.77. The Balaban J connectivity index is 2.34. The molecule has 1 aromatic carbocycles. The van der Waals surface area contributed by atoms with Gasteiger partial charge in [0.05, 0.1) is 0 Å². The largest absolute Gasteiger partial charge is 0.273 e. The summed E-state index contributed by atoms with van der Waals surface area (Å²) >= 11 is 0. The van der Waals surface area contributed by atoms with Crippen LogP contribution in [0.4, 0.5) is 0 Å². The van der Waals surface area contributed by atoms with E-state index in [1.54, 1.807) is 30.3 Å². The summed E-state index contributed by atoms with van der Waals surface area (Å²) in [6.45, 7) is 1.99. The zero-order valence-electron chi connectivity index (χ0n) is 9.77. The molecule has 17 heavy (non-hydrogen) atoms. The molecule has 0 aliphatic heterocycles. The summed E-state index contributed by atoms with van der Waals surface area (Å²) in [4.78, 5) is 22.8. The van der Waals surface area contributed by atoms with Crippen molar-refractivity contribution in [1.82, 2.24) is 10.9 Å². The molecule has 0 heterocycles. The van der Waals surface area contributed by atoms with Crippen molar-refractivity contribution in [2.45, 2.75) is 19.8 Å². The fourth-order valence-corrected chi connectivity index (χ4v) is 1.20. The second-order valence-corrected chi connectivity index (χ2v) is 3.45. The van der Waals surface area contributed by atoms with Gasteiger partial charge in [0.2, 0.25) is 5.91 Å². The standard InChI is InChI=1S/C13H16N2O2/c1-2-3-5-10-12(16)14-15-13(17)11-8-6-4-7-9-11/h3-9H,2,10H2,1H3,(H,14,16)(H,15,17)/b5-3-. The molecule has 0 atom stereocenters. The molecule has 1 rings (SSSR count). The first-order valence-corrected chi connectivity index (χ1v) is 5.53. The molecular weight excluding hydrogens is 216 g/mol. The van der Waals surface area contributed by atoms with Crippen LogP contribution in [0.2, 0.25) is 0 Å². The Morgan fingerprint density at radius 2 is 1.82 bits per heavy atom. The van der Waals surface area contributed by atoms with Gasteiger partial charge in [0.1, 0.15) is 0 Å². The number of hydrogen-bond donors (Lipinski definition) is 2.